The summed E-state index contributed by atoms with van der Waals surface area (Å²) in [5, 5.41) is 2.93. The number of benzene rings is 2. The number of nitrogens with zero attached hydrogens (tertiary/aromatic N) is 1. The van der Waals surface area contributed by atoms with Crippen molar-refractivity contribution in [3.63, 3.8) is 0 Å². The maximum absolute atomic E-state index is 13.3. The van der Waals surface area contributed by atoms with Crippen LogP contribution in [0.3, 0.4) is 0 Å². The number of hydrogen-bond donors (Lipinski definition) is 1. The van der Waals surface area contributed by atoms with Crippen molar-refractivity contribution in [1.29, 1.82) is 0 Å². The van der Waals surface area contributed by atoms with E-state index in [0.29, 0.717) is 35.7 Å². The van der Waals surface area contributed by atoms with Crippen molar-refractivity contribution < 1.29 is 28.6 Å². The summed E-state index contributed by atoms with van der Waals surface area (Å²) in [6.45, 7) is -0.476. The molecule has 2 aliphatic rings. The van der Waals surface area contributed by atoms with Crippen LogP contribution in [0.2, 0.25) is 0 Å². The van der Waals surface area contributed by atoms with Gasteiger partial charge in [0.05, 0.1) is 31.2 Å². The molecule has 1 N–H and O–H groups in total. The van der Waals surface area contributed by atoms with E-state index in [-0.39, 0.29) is 11.5 Å². The van der Waals surface area contributed by atoms with Gasteiger partial charge in [0.15, 0.2) is 18.1 Å². The topological polar surface area (TPSA) is 94.2 Å². The molecule has 2 aromatic rings. The van der Waals surface area contributed by atoms with Crippen LogP contribution in [0.5, 0.6) is 11.5 Å². The number of anilines is 2. The minimum absolute atomic E-state index is 0.191. The van der Waals surface area contributed by atoms with Crippen molar-refractivity contribution in [3.8, 4) is 11.5 Å². The van der Waals surface area contributed by atoms with Gasteiger partial charge in [0.2, 0.25) is 0 Å². The largest absolute Gasteiger partial charge is 0.493 e. The Bertz CT molecular complexity index is 1030. The van der Waals surface area contributed by atoms with Gasteiger partial charge in [0.25, 0.3) is 11.8 Å². The van der Waals surface area contributed by atoms with Gasteiger partial charge in [-0.1, -0.05) is 25.0 Å². The molecule has 0 unspecified atom stereocenters. The van der Waals surface area contributed by atoms with E-state index in [1.54, 1.807) is 24.3 Å². The average Bonchev–Trinajstić information content (AvgIpc) is 3.28. The molecular formula is C23H24N2O6. The lowest BCUT2D eigenvalue weighted by atomic mass is 9.90. The zero-order valence-corrected chi connectivity index (χ0v) is 17.5. The lowest BCUT2D eigenvalue weighted by Gasteiger charge is -2.44. The first-order valence-electron chi connectivity index (χ1n) is 10.1. The van der Waals surface area contributed by atoms with Crippen LogP contribution in [0.1, 0.15) is 36.0 Å². The van der Waals surface area contributed by atoms with Crippen molar-refractivity contribution >= 4 is 29.2 Å². The first kappa shape index (κ1) is 20.7. The first-order chi connectivity index (χ1) is 15.0. The highest BCUT2D eigenvalue weighted by Crippen LogP contribution is 2.45. The number of methoxy groups -OCH3 is 2. The fraction of sp³-hybridized carbons (Fsp3) is 0.348. The van der Waals surface area contributed by atoms with Crippen LogP contribution in [0, 0.1) is 0 Å². The molecule has 1 fully saturated rings. The number of para-hydroxylation sites is 2. The summed E-state index contributed by atoms with van der Waals surface area (Å²) < 4.78 is 15.7. The highest BCUT2D eigenvalue weighted by Gasteiger charge is 2.52. The van der Waals surface area contributed by atoms with Crippen LogP contribution in [0.4, 0.5) is 11.4 Å². The molecule has 1 spiro atoms. The number of carbonyl (C=O) groups excluding carboxylic acids is 3. The lowest BCUT2D eigenvalue weighted by Crippen LogP contribution is -2.61. The molecule has 2 amide bonds. The Morgan fingerprint density at radius 3 is 2.45 bits per heavy atom. The van der Waals surface area contributed by atoms with Gasteiger partial charge in [0, 0.05) is 0 Å². The van der Waals surface area contributed by atoms with Crippen LogP contribution >= 0.6 is 0 Å². The highest BCUT2D eigenvalue weighted by atomic mass is 16.5. The van der Waals surface area contributed by atoms with Crippen LogP contribution in [-0.2, 0) is 14.3 Å². The number of fused-ring (bicyclic) bond motifs is 1. The Kier molecular flexibility index (Phi) is 5.54. The summed E-state index contributed by atoms with van der Waals surface area (Å²) in [4.78, 5) is 40.3. The Balaban J connectivity index is 1.56. The Morgan fingerprint density at radius 1 is 1.03 bits per heavy atom. The average molecular weight is 424 g/mol. The molecule has 31 heavy (non-hydrogen) atoms. The van der Waals surface area contributed by atoms with Crippen LogP contribution in [-0.4, -0.2) is 44.1 Å². The van der Waals surface area contributed by atoms with Gasteiger partial charge in [-0.3, -0.25) is 14.5 Å². The zero-order chi connectivity index (χ0) is 22.0. The minimum Gasteiger partial charge on any atom is -0.493 e. The van der Waals surface area contributed by atoms with Crippen molar-refractivity contribution in [1.82, 2.24) is 0 Å². The Hall–Kier alpha value is -3.55. The van der Waals surface area contributed by atoms with Gasteiger partial charge >= 0.3 is 5.97 Å². The zero-order valence-electron chi connectivity index (χ0n) is 17.5. The second kappa shape index (κ2) is 8.29. The Labute approximate surface area is 180 Å². The lowest BCUT2D eigenvalue weighted by molar-refractivity contribution is -0.129. The van der Waals surface area contributed by atoms with E-state index in [1.807, 2.05) is 6.07 Å². The van der Waals surface area contributed by atoms with Crippen molar-refractivity contribution in [3.05, 3.63) is 48.0 Å². The highest BCUT2D eigenvalue weighted by molar-refractivity contribution is 6.15. The van der Waals surface area contributed by atoms with E-state index in [2.05, 4.69) is 5.32 Å². The third-order valence-corrected chi connectivity index (χ3v) is 5.87. The van der Waals surface area contributed by atoms with Gasteiger partial charge in [-0.25, -0.2) is 4.79 Å². The van der Waals surface area contributed by atoms with E-state index < -0.39 is 24.0 Å². The molecule has 0 radical (unpaired) electrons. The standard InChI is InChI=1S/C23H24N2O6/c1-29-18-10-9-15(13-19(18)30-2)21(27)31-14-20(26)25-17-8-4-3-7-16(17)24-22(28)23(25)11-5-6-12-23/h3-4,7-10,13H,5-6,11-12,14H2,1-2H3,(H,24,28). The molecule has 1 aliphatic heterocycles. The molecule has 4 rings (SSSR count). The smallest absolute Gasteiger partial charge is 0.338 e. The molecule has 0 bridgehead atoms. The van der Waals surface area contributed by atoms with E-state index in [0.717, 1.165) is 12.8 Å². The van der Waals surface area contributed by atoms with E-state index in [9.17, 15) is 14.4 Å². The number of nitrogens with one attached hydrogen (secondary N) is 1. The molecule has 1 aliphatic carbocycles. The third kappa shape index (κ3) is 3.58. The summed E-state index contributed by atoms with van der Waals surface area (Å²) in [5.74, 6) is -0.421. The number of amides is 2. The van der Waals surface area contributed by atoms with Gasteiger partial charge in [0.1, 0.15) is 5.54 Å². The van der Waals surface area contributed by atoms with Crippen molar-refractivity contribution in [2.45, 2.75) is 31.2 Å². The molecule has 162 valence electrons. The molecule has 0 saturated heterocycles. The second-order valence-corrected chi connectivity index (χ2v) is 7.59. The third-order valence-electron chi connectivity index (χ3n) is 5.87. The second-order valence-electron chi connectivity index (χ2n) is 7.59. The summed E-state index contributed by atoms with van der Waals surface area (Å²) in [6.07, 6.45) is 2.85. The number of hydrogen-bond acceptors (Lipinski definition) is 6. The van der Waals surface area contributed by atoms with Crippen molar-refractivity contribution in [2.24, 2.45) is 0 Å². The Morgan fingerprint density at radius 2 is 1.74 bits per heavy atom. The van der Waals surface area contributed by atoms with Crippen LogP contribution in [0.25, 0.3) is 0 Å². The first-order valence-corrected chi connectivity index (χ1v) is 10.1. The predicted octanol–water partition coefficient (Wildman–Crippen LogP) is 3.16. The summed E-state index contributed by atoms with van der Waals surface area (Å²) in [6, 6.07) is 11.8. The fourth-order valence-electron chi connectivity index (χ4n) is 4.37. The predicted molar refractivity (Wildman–Crippen MR) is 114 cm³/mol. The number of carbonyl (C=O) groups is 3. The molecule has 8 heteroatoms. The summed E-state index contributed by atoms with van der Waals surface area (Å²) in [5.41, 5.74) is 0.486. The molecule has 0 aromatic heterocycles. The molecule has 1 saturated carbocycles. The number of esters is 1. The van der Waals surface area contributed by atoms with Gasteiger partial charge < -0.3 is 19.5 Å². The molecule has 2 aromatic carbocycles. The fourth-order valence-corrected chi connectivity index (χ4v) is 4.37. The van der Waals surface area contributed by atoms with Crippen LogP contribution < -0.4 is 19.7 Å². The van der Waals surface area contributed by atoms with Gasteiger partial charge in [-0.05, 0) is 43.2 Å². The van der Waals surface area contributed by atoms with Gasteiger partial charge in [-0.2, -0.15) is 0 Å². The normalized spacial score (nSPS) is 16.5. The SMILES string of the molecule is COc1ccc(C(=O)OCC(=O)N2c3ccccc3NC(=O)C23CCCC3)cc1OC. The molecule has 0 atom stereocenters. The van der Waals surface area contributed by atoms with Crippen LogP contribution in [0.15, 0.2) is 42.5 Å². The maximum Gasteiger partial charge on any atom is 0.338 e. The van der Waals surface area contributed by atoms with E-state index in [1.165, 1.54) is 31.3 Å². The monoisotopic (exact) mass is 424 g/mol. The van der Waals surface area contributed by atoms with Gasteiger partial charge in [-0.15, -0.1) is 0 Å². The minimum atomic E-state index is -0.943. The summed E-state index contributed by atoms with van der Waals surface area (Å²) in [7, 11) is 2.97. The maximum atomic E-state index is 13.3. The molecule has 1 heterocycles. The van der Waals surface area contributed by atoms with Crippen molar-refractivity contribution in [2.75, 3.05) is 31.0 Å². The number of ether oxygens (including phenoxy) is 3. The van der Waals surface area contributed by atoms with E-state index >= 15 is 0 Å². The molecule has 8 nitrogen and oxygen atoms in total. The number of rotatable bonds is 5. The summed E-state index contributed by atoms with van der Waals surface area (Å²) >= 11 is 0. The van der Waals surface area contributed by atoms with E-state index in [4.69, 9.17) is 14.2 Å². The molecular weight excluding hydrogens is 400 g/mol. The quantitative estimate of drug-likeness (QED) is 0.741.